The molecule has 1 unspecified atom stereocenters. The van der Waals surface area contributed by atoms with Gasteiger partial charge in [0.15, 0.2) is 0 Å². The molecular weight excluding hydrogens is 381 g/mol. The fourth-order valence-corrected chi connectivity index (χ4v) is 3.36. The third kappa shape index (κ3) is 4.73. The molecule has 0 saturated carbocycles. The summed E-state index contributed by atoms with van der Waals surface area (Å²) in [4.78, 5) is 14.3. The van der Waals surface area contributed by atoms with E-state index in [4.69, 9.17) is 39.5 Å². The standard InChI is InChI=1S/C14H18Cl3N3O2S/c1-4-22-11-7-5-10(6-8-11)19-12(9(2)3)18-20(13(19)21)23-14(15,16)17/h5-9,12,18H,4H2,1-3H3. The van der Waals surface area contributed by atoms with Crippen molar-refractivity contribution in [2.45, 2.75) is 30.1 Å². The molecule has 9 heteroatoms. The lowest BCUT2D eigenvalue weighted by Gasteiger charge is -2.25. The summed E-state index contributed by atoms with van der Waals surface area (Å²) in [5, 5.41) is 0. The van der Waals surface area contributed by atoms with Crippen LogP contribution < -0.4 is 15.1 Å². The average molecular weight is 399 g/mol. The number of ether oxygens (including phenoxy) is 1. The van der Waals surface area contributed by atoms with Crippen molar-refractivity contribution in [3.63, 3.8) is 0 Å². The van der Waals surface area contributed by atoms with Gasteiger partial charge in [-0.25, -0.2) is 4.79 Å². The van der Waals surface area contributed by atoms with Gasteiger partial charge in [0.25, 0.3) is 3.12 Å². The summed E-state index contributed by atoms with van der Waals surface area (Å²) in [5.41, 5.74) is 3.82. The van der Waals surface area contributed by atoms with Crippen LogP contribution in [0.5, 0.6) is 5.75 Å². The molecule has 5 nitrogen and oxygen atoms in total. The maximum Gasteiger partial charge on any atom is 0.350 e. The number of hydrazine groups is 1. The molecule has 2 amide bonds. The van der Waals surface area contributed by atoms with Crippen LogP contribution in [-0.2, 0) is 0 Å². The molecule has 0 radical (unpaired) electrons. The van der Waals surface area contributed by atoms with E-state index in [1.807, 2.05) is 45.0 Å². The van der Waals surface area contributed by atoms with Crippen LogP contribution in [0.3, 0.4) is 0 Å². The van der Waals surface area contributed by atoms with Crippen LogP contribution >= 0.6 is 46.8 Å². The number of benzene rings is 1. The van der Waals surface area contributed by atoms with E-state index < -0.39 is 3.12 Å². The van der Waals surface area contributed by atoms with Gasteiger partial charge in [-0.15, -0.1) is 0 Å². The predicted octanol–water partition coefficient (Wildman–Crippen LogP) is 4.79. The van der Waals surface area contributed by atoms with Crippen molar-refractivity contribution in [2.75, 3.05) is 11.5 Å². The van der Waals surface area contributed by atoms with Crippen LogP contribution in [0.4, 0.5) is 10.5 Å². The minimum atomic E-state index is -1.63. The Morgan fingerprint density at radius 3 is 2.39 bits per heavy atom. The number of hydrogen-bond donors (Lipinski definition) is 1. The molecule has 1 aliphatic heterocycles. The number of nitrogens with zero attached hydrogens (tertiary/aromatic N) is 2. The van der Waals surface area contributed by atoms with E-state index in [9.17, 15) is 4.79 Å². The Morgan fingerprint density at radius 1 is 1.30 bits per heavy atom. The molecule has 1 atom stereocenters. The predicted molar refractivity (Wildman–Crippen MR) is 97.0 cm³/mol. The summed E-state index contributed by atoms with van der Waals surface area (Å²) >= 11 is 18.1. The van der Waals surface area contributed by atoms with Gasteiger partial charge in [0.05, 0.1) is 6.61 Å². The SMILES string of the molecule is CCOc1ccc(N2C(=O)N(SC(Cl)(Cl)Cl)NC2C(C)C)cc1. The van der Waals surface area contributed by atoms with Crippen LogP contribution in [0.25, 0.3) is 0 Å². The topological polar surface area (TPSA) is 44.8 Å². The number of hydrogen-bond acceptors (Lipinski definition) is 4. The van der Waals surface area contributed by atoms with Gasteiger partial charge < -0.3 is 4.74 Å². The Labute approximate surface area is 155 Å². The van der Waals surface area contributed by atoms with Crippen molar-refractivity contribution in [2.24, 2.45) is 5.92 Å². The van der Waals surface area contributed by atoms with Crippen LogP contribution in [0.15, 0.2) is 24.3 Å². The van der Waals surface area contributed by atoms with E-state index in [1.54, 1.807) is 4.90 Å². The third-order valence-electron chi connectivity index (χ3n) is 3.16. The molecule has 1 aromatic rings. The monoisotopic (exact) mass is 397 g/mol. The molecule has 1 N–H and O–H groups in total. The van der Waals surface area contributed by atoms with Gasteiger partial charge in [0.1, 0.15) is 11.9 Å². The number of nitrogens with one attached hydrogen (secondary N) is 1. The minimum Gasteiger partial charge on any atom is -0.494 e. The van der Waals surface area contributed by atoms with E-state index in [0.717, 1.165) is 23.4 Å². The molecule has 0 aromatic heterocycles. The normalized spacial score (nSPS) is 18.9. The number of alkyl halides is 3. The zero-order valence-electron chi connectivity index (χ0n) is 12.9. The fraction of sp³-hybridized carbons (Fsp3) is 0.500. The van der Waals surface area contributed by atoms with Crippen LogP contribution in [0.2, 0.25) is 0 Å². The maximum atomic E-state index is 12.7. The summed E-state index contributed by atoms with van der Waals surface area (Å²) < 4.78 is 5.06. The second-order valence-corrected chi connectivity index (χ2v) is 9.34. The van der Waals surface area contributed by atoms with Crippen LogP contribution in [0.1, 0.15) is 20.8 Å². The first-order chi connectivity index (χ1) is 10.7. The maximum absolute atomic E-state index is 12.7. The van der Waals surface area contributed by atoms with Gasteiger partial charge in [-0.1, -0.05) is 48.7 Å². The average Bonchev–Trinajstić information content (AvgIpc) is 2.76. The molecular formula is C14H18Cl3N3O2S. The molecule has 0 aliphatic carbocycles. The van der Waals surface area contributed by atoms with Crippen molar-refractivity contribution >= 4 is 58.5 Å². The number of carbonyl (C=O) groups excluding carboxylic acids is 1. The van der Waals surface area contributed by atoms with Crippen molar-refractivity contribution in [1.29, 1.82) is 0 Å². The molecule has 1 saturated heterocycles. The quantitative estimate of drug-likeness (QED) is 0.572. The lowest BCUT2D eigenvalue weighted by Crippen LogP contribution is -2.41. The zero-order valence-corrected chi connectivity index (χ0v) is 16.0. The first kappa shape index (κ1) is 18.8. The van der Waals surface area contributed by atoms with E-state index in [0.29, 0.717) is 6.61 Å². The Bertz CT molecular complexity index is 551. The number of halogens is 3. The molecule has 0 spiro atoms. The number of anilines is 1. The van der Waals surface area contributed by atoms with Gasteiger partial charge in [0.2, 0.25) is 0 Å². The first-order valence-corrected chi connectivity index (χ1v) is 9.02. The highest BCUT2D eigenvalue weighted by Crippen LogP contribution is 2.43. The van der Waals surface area contributed by atoms with Gasteiger partial charge in [0, 0.05) is 17.6 Å². The highest BCUT2D eigenvalue weighted by molar-refractivity contribution is 8.03. The van der Waals surface area contributed by atoms with Crippen LogP contribution in [0, 0.1) is 5.92 Å². The van der Waals surface area contributed by atoms with Crippen molar-refractivity contribution < 1.29 is 9.53 Å². The molecule has 1 aliphatic rings. The number of rotatable bonds is 5. The summed E-state index contributed by atoms with van der Waals surface area (Å²) in [6, 6.07) is 7.04. The number of urea groups is 1. The zero-order chi connectivity index (χ0) is 17.2. The molecule has 1 heterocycles. The smallest absolute Gasteiger partial charge is 0.350 e. The lowest BCUT2D eigenvalue weighted by molar-refractivity contribution is 0.235. The molecule has 23 heavy (non-hydrogen) atoms. The Morgan fingerprint density at radius 2 is 1.91 bits per heavy atom. The highest BCUT2D eigenvalue weighted by Gasteiger charge is 2.43. The molecule has 128 valence electrons. The minimum absolute atomic E-state index is 0.159. The van der Waals surface area contributed by atoms with E-state index in [-0.39, 0.29) is 18.1 Å². The fourth-order valence-electron chi connectivity index (χ4n) is 2.21. The summed E-state index contributed by atoms with van der Waals surface area (Å²) in [5.74, 6) is 0.913. The number of amides is 2. The Kier molecular flexibility index (Phi) is 6.19. The Balaban J connectivity index is 2.24. The molecule has 0 bridgehead atoms. The highest BCUT2D eigenvalue weighted by atomic mass is 35.6. The van der Waals surface area contributed by atoms with Crippen molar-refractivity contribution in [1.82, 2.24) is 9.84 Å². The summed E-state index contributed by atoms with van der Waals surface area (Å²) in [6.07, 6.45) is -0.236. The van der Waals surface area contributed by atoms with E-state index >= 15 is 0 Å². The van der Waals surface area contributed by atoms with Gasteiger partial charge in [-0.2, -0.15) is 9.84 Å². The first-order valence-electron chi connectivity index (χ1n) is 7.11. The second kappa shape index (κ2) is 7.57. The van der Waals surface area contributed by atoms with Crippen LogP contribution in [-0.4, -0.2) is 26.3 Å². The summed E-state index contributed by atoms with van der Waals surface area (Å²) in [6.45, 7) is 6.53. The van der Waals surface area contributed by atoms with Gasteiger partial charge >= 0.3 is 6.03 Å². The summed E-state index contributed by atoms with van der Waals surface area (Å²) in [7, 11) is 0. The van der Waals surface area contributed by atoms with Gasteiger partial charge in [-0.3, -0.25) is 4.90 Å². The third-order valence-corrected chi connectivity index (χ3v) is 4.43. The molecule has 1 fully saturated rings. The van der Waals surface area contributed by atoms with Gasteiger partial charge in [-0.05, 0) is 37.1 Å². The van der Waals surface area contributed by atoms with Crippen molar-refractivity contribution in [3.8, 4) is 5.75 Å². The largest absolute Gasteiger partial charge is 0.494 e. The van der Waals surface area contributed by atoms with E-state index in [1.165, 1.54) is 4.41 Å². The molecule has 1 aromatic carbocycles. The second-order valence-electron chi connectivity index (χ2n) is 5.23. The lowest BCUT2D eigenvalue weighted by atomic mass is 10.1. The number of carbonyl (C=O) groups is 1. The Hall–Kier alpha value is -0.530. The van der Waals surface area contributed by atoms with Crippen molar-refractivity contribution in [3.05, 3.63) is 24.3 Å². The molecule has 2 rings (SSSR count). The van der Waals surface area contributed by atoms with E-state index in [2.05, 4.69) is 5.43 Å².